The van der Waals surface area contributed by atoms with E-state index in [1.807, 2.05) is 6.92 Å². The molecule has 2 heterocycles. The molecule has 1 saturated heterocycles. The molecule has 0 spiro atoms. The number of hydrogen-bond donors (Lipinski definition) is 1. The first-order chi connectivity index (χ1) is 7.50. The van der Waals surface area contributed by atoms with Crippen molar-refractivity contribution in [2.75, 3.05) is 13.1 Å². The largest absolute Gasteiger partial charge is 0.361 e. The summed E-state index contributed by atoms with van der Waals surface area (Å²) in [5.41, 5.74) is 2.61. The number of piperidine rings is 1. The maximum Gasteiger partial charge on any atom is 0.137 e. The number of nitrogens with zero attached hydrogens (tertiary/aromatic N) is 1. The zero-order valence-corrected chi connectivity index (χ0v) is 10.8. The summed E-state index contributed by atoms with van der Waals surface area (Å²) in [6.07, 6.45) is 2.46. The lowest BCUT2D eigenvalue weighted by atomic mass is 9.81. The molecule has 1 aliphatic rings. The lowest BCUT2D eigenvalue weighted by Crippen LogP contribution is -2.30. The molecule has 1 fully saturated rings. The van der Waals surface area contributed by atoms with Gasteiger partial charge >= 0.3 is 0 Å². The molecule has 1 aromatic rings. The molecule has 1 aromatic heterocycles. The van der Waals surface area contributed by atoms with Crippen molar-refractivity contribution >= 4 is 0 Å². The molecule has 1 aliphatic heterocycles. The first-order valence-electron chi connectivity index (χ1n) is 6.17. The molecular weight excluding hydrogens is 200 g/mol. The van der Waals surface area contributed by atoms with Gasteiger partial charge in [0.2, 0.25) is 0 Å². The molecule has 3 heteroatoms. The van der Waals surface area contributed by atoms with Crippen LogP contribution in [-0.2, 0) is 5.41 Å². The third-order valence-corrected chi connectivity index (χ3v) is 3.32. The number of rotatable bonds is 1. The van der Waals surface area contributed by atoms with E-state index in [-0.39, 0.29) is 5.41 Å². The fourth-order valence-corrected chi connectivity index (χ4v) is 2.67. The fraction of sp³-hybridized carbons (Fsp3) is 0.769. The highest BCUT2D eigenvalue weighted by Gasteiger charge is 2.30. The summed E-state index contributed by atoms with van der Waals surface area (Å²) in [6, 6.07) is 0. The quantitative estimate of drug-likeness (QED) is 0.794. The monoisotopic (exact) mass is 222 g/mol. The van der Waals surface area contributed by atoms with Gasteiger partial charge in [-0.25, -0.2) is 0 Å². The molecule has 3 nitrogen and oxygen atoms in total. The van der Waals surface area contributed by atoms with Crippen LogP contribution < -0.4 is 5.32 Å². The van der Waals surface area contributed by atoms with Gasteiger partial charge in [-0.05, 0) is 31.7 Å². The van der Waals surface area contributed by atoms with Crippen LogP contribution in [0.2, 0.25) is 0 Å². The van der Waals surface area contributed by atoms with Gasteiger partial charge in [-0.15, -0.1) is 0 Å². The van der Waals surface area contributed by atoms with Gasteiger partial charge in [0.1, 0.15) is 5.76 Å². The van der Waals surface area contributed by atoms with Crippen molar-refractivity contribution in [2.24, 2.45) is 0 Å². The lowest BCUT2D eigenvalue weighted by Gasteiger charge is -2.25. The van der Waals surface area contributed by atoms with Gasteiger partial charge in [0.05, 0.1) is 5.69 Å². The summed E-state index contributed by atoms with van der Waals surface area (Å²) in [6.45, 7) is 10.9. The summed E-state index contributed by atoms with van der Waals surface area (Å²) in [5, 5.41) is 7.73. The Morgan fingerprint density at radius 1 is 1.38 bits per heavy atom. The second-order valence-corrected chi connectivity index (χ2v) is 5.79. The van der Waals surface area contributed by atoms with E-state index in [1.54, 1.807) is 0 Å². The van der Waals surface area contributed by atoms with E-state index in [0.29, 0.717) is 5.92 Å². The molecule has 90 valence electrons. The Hall–Kier alpha value is -0.830. The predicted molar refractivity (Wildman–Crippen MR) is 64.8 cm³/mol. The van der Waals surface area contributed by atoms with Gasteiger partial charge in [0.15, 0.2) is 0 Å². The van der Waals surface area contributed by atoms with E-state index < -0.39 is 0 Å². The first-order valence-corrected chi connectivity index (χ1v) is 6.17. The van der Waals surface area contributed by atoms with Gasteiger partial charge in [-0.1, -0.05) is 25.9 Å². The standard InChI is InChI=1S/C13H22N2O/c1-9-11(13(2,3)4)12(15-16-9)10-6-5-7-14-8-10/h10,14H,5-8H2,1-4H3. The second-order valence-electron chi connectivity index (χ2n) is 5.79. The SMILES string of the molecule is Cc1onc(C2CCCNC2)c1C(C)(C)C. The number of nitrogens with one attached hydrogen (secondary N) is 1. The zero-order chi connectivity index (χ0) is 11.8. The maximum absolute atomic E-state index is 5.40. The second kappa shape index (κ2) is 4.21. The molecule has 1 unspecified atom stereocenters. The molecule has 0 bridgehead atoms. The highest BCUT2D eigenvalue weighted by molar-refractivity contribution is 5.32. The van der Waals surface area contributed by atoms with Gasteiger partial charge < -0.3 is 9.84 Å². The van der Waals surface area contributed by atoms with Crippen LogP contribution in [0.15, 0.2) is 4.52 Å². The summed E-state index contributed by atoms with van der Waals surface area (Å²) in [5.74, 6) is 1.51. The molecular formula is C13H22N2O. The molecule has 0 radical (unpaired) electrons. The lowest BCUT2D eigenvalue weighted by molar-refractivity contribution is 0.371. The summed E-state index contributed by atoms with van der Waals surface area (Å²) < 4.78 is 5.40. The Morgan fingerprint density at radius 3 is 2.69 bits per heavy atom. The Balaban J connectivity index is 2.33. The third kappa shape index (κ3) is 2.14. The van der Waals surface area contributed by atoms with Crippen LogP contribution in [0.25, 0.3) is 0 Å². The Kier molecular flexibility index (Phi) is 3.06. The highest BCUT2D eigenvalue weighted by Crippen LogP contribution is 2.34. The number of hydrogen-bond acceptors (Lipinski definition) is 3. The molecule has 0 saturated carbocycles. The predicted octanol–water partition coefficient (Wildman–Crippen LogP) is 2.75. The van der Waals surface area contributed by atoms with Crippen LogP contribution in [0.1, 0.15) is 56.5 Å². The van der Waals surface area contributed by atoms with E-state index in [9.17, 15) is 0 Å². The average molecular weight is 222 g/mol. The van der Waals surface area contributed by atoms with Crippen molar-refractivity contribution in [3.05, 3.63) is 17.0 Å². The Bertz CT molecular complexity index is 356. The van der Waals surface area contributed by atoms with Crippen molar-refractivity contribution in [3.8, 4) is 0 Å². The smallest absolute Gasteiger partial charge is 0.137 e. The normalized spacial score (nSPS) is 22.4. The minimum atomic E-state index is 0.122. The van der Waals surface area contributed by atoms with E-state index in [4.69, 9.17) is 4.52 Å². The first kappa shape index (κ1) is 11.6. The molecule has 0 aromatic carbocycles. The Labute approximate surface area is 97.6 Å². The Morgan fingerprint density at radius 2 is 2.12 bits per heavy atom. The van der Waals surface area contributed by atoms with E-state index in [1.165, 1.54) is 24.1 Å². The van der Waals surface area contributed by atoms with Gasteiger partial charge in [0, 0.05) is 18.0 Å². The minimum absolute atomic E-state index is 0.122. The summed E-state index contributed by atoms with van der Waals surface area (Å²) >= 11 is 0. The fourth-order valence-electron chi connectivity index (χ4n) is 2.67. The summed E-state index contributed by atoms with van der Waals surface area (Å²) in [4.78, 5) is 0. The highest BCUT2D eigenvalue weighted by atomic mass is 16.5. The molecule has 1 N–H and O–H groups in total. The van der Waals surface area contributed by atoms with Crippen LogP contribution in [0.4, 0.5) is 0 Å². The average Bonchev–Trinajstić information content (AvgIpc) is 2.61. The van der Waals surface area contributed by atoms with E-state index >= 15 is 0 Å². The molecule has 16 heavy (non-hydrogen) atoms. The van der Waals surface area contributed by atoms with Crippen LogP contribution in [0.5, 0.6) is 0 Å². The van der Waals surface area contributed by atoms with Crippen molar-refractivity contribution in [1.82, 2.24) is 10.5 Å². The van der Waals surface area contributed by atoms with Crippen molar-refractivity contribution < 1.29 is 4.52 Å². The van der Waals surface area contributed by atoms with Crippen molar-refractivity contribution in [2.45, 2.75) is 51.9 Å². The van der Waals surface area contributed by atoms with Crippen LogP contribution in [0, 0.1) is 6.92 Å². The number of aryl methyl sites for hydroxylation is 1. The van der Waals surface area contributed by atoms with Crippen LogP contribution >= 0.6 is 0 Å². The van der Waals surface area contributed by atoms with Crippen molar-refractivity contribution in [3.63, 3.8) is 0 Å². The molecule has 0 amide bonds. The van der Waals surface area contributed by atoms with Gasteiger partial charge in [0.25, 0.3) is 0 Å². The van der Waals surface area contributed by atoms with Gasteiger partial charge in [-0.3, -0.25) is 0 Å². The van der Waals surface area contributed by atoms with E-state index in [0.717, 1.165) is 18.8 Å². The van der Waals surface area contributed by atoms with Crippen LogP contribution in [0.3, 0.4) is 0 Å². The molecule has 0 aliphatic carbocycles. The van der Waals surface area contributed by atoms with E-state index in [2.05, 4.69) is 31.2 Å². The topological polar surface area (TPSA) is 38.1 Å². The number of aromatic nitrogens is 1. The van der Waals surface area contributed by atoms with Crippen LogP contribution in [-0.4, -0.2) is 18.2 Å². The summed E-state index contributed by atoms with van der Waals surface area (Å²) in [7, 11) is 0. The zero-order valence-electron chi connectivity index (χ0n) is 10.8. The third-order valence-electron chi connectivity index (χ3n) is 3.32. The van der Waals surface area contributed by atoms with Crippen molar-refractivity contribution in [1.29, 1.82) is 0 Å². The molecule has 1 atom stereocenters. The maximum atomic E-state index is 5.40. The minimum Gasteiger partial charge on any atom is -0.361 e. The van der Waals surface area contributed by atoms with Gasteiger partial charge in [-0.2, -0.15) is 0 Å². The molecule has 2 rings (SSSR count).